The molecule has 18 rings (SSSR count). The molecule has 0 aliphatic rings. The molecule has 0 saturated heterocycles. The first-order valence-electron chi connectivity index (χ1n) is 40.2. The molecule has 132 heavy (non-hydrogen) atoms. The normalized spacial score (nSPS) is 10.3. The molecular formula is C78H111N45O9. The highest BCUT2D eigenvalue weighted by atomic mass is 16.4. The first-order chi connectivity index (χ1) is 63.8. The van der Waals surface area contributed by atoms with E-state index in [0.29, 0.717) is 148 Å². The molecule has 0 radical (unpaired) electrons. The molecule has 0 bridgehead atoms. The van der Waals surface area contributed by atoms with Gasteiger partial charge in [-0.05, 0) is 109 Å². The Morgan fingerprint density at radius 1 is 0.295 bits per heavy atom. The molecule has 0 amide bonds. The highest BCUT2D eigenvalue weighted by Gasteiger charge is 2.17. The molecule has 702 valence electrons. The number of hydrogen-bond donors (Lipinski definition) is 17. The van der Waals surface area contributed by atoms with Crippen LogP contribution in [0.3, 0.4) is 0 Å². The van der Waals surface area contributed by atoms with Crippen molar-refractivity contribution in [1.82, 2.24) is 135 Å². The minimum absolute atomic E-state index is 0.293. The Bertz CT molecular complexity index is 5970. The van der Waals surface area contributed by atoms with Crippen molar-refractivity contribution < 1.29 is 39.8 Å². The second kappa shape index (κ2) is 49.8. The lowest BCUT2D eigenvalue weighted by Gasteiger charge is -2.15. The molecule has 0 aliphatic carbocycles. The molecule has 21 N–H and O–H groups in total. The first-order valence-corrected chi connectivity index (χ1v) is 40.2. The monoisotopic (exact) mass is 1820 g/mol. The molecular weight excluding hydrogens is 1710 g/mol. The number of nitrogens with zero attached hydrogens (tertiary/aromatic N) is 28. The minimum atomic E-state index is 0.293. The van der Waals surface area contributed by atoms with Crippen LogP contribution >= 0.6 is 0 Å². The van der Waals surface area contributed by atoms with E-state index < -0.39 is 0 Å². The Morgan fingerprint density at radius 2 is 0.644 bits per heavy atom. The summed E-state index contributed by atoms with van der Waals surface area (Å²) in [5.41, 5.74) is 21.9. The van der Waals surface area contributed by atoms with Crippen LogP contribution < -0.4 is 94.5 Å². The summed E-state index contributed by atoms with van der Waals surface area (Å²) in [5, 5.41) is 84.5. The number of aromatic nitrogens is 27. The Kier molecular flexibility index (Phi) is 36.3. The highest BCUT2D eigenvalue weighted by Crippen LogP contribution is 2.20. The Balaban J connectivity index is 0.000000154. The number of rotatable bonds is 32. The molecule has 18 aromatic heterocycles. The number of nitrogen functional groups attached to an aromatic ring is 4. The van der Waals surface area contributed by atoms with Gasteiger partial charge in [0.2, 0.25) is 107 Å². The van der Waals surface area contributed by atoms with E-state index in [-0.39, 0.29) is 0 Å². The van der Waals surface area contributed by atoms with E-state index in [0.717, 1.165) is 69.7 Å². The van der Waals surface area contributed by atoms with Gasteiger partial charge in [-0.3, -0.25) is 13.7 Å². The predicted molar refractivity (Wildman–Crippen MR) is 494 cm³/mol. The third-order valence-corrected chi connectivity index (χ3v) is 17.5. The van der Waals surface area contributed by atoms with Gasteiger partial charge >= 0.3 is 0 Å². The lowest BCUT2D eigenvalue weighted by atomic mass is 10.4. The zero-order chi connectivity index (χ0) is 94.1. The van der Waals surface area contributed by atoms with E-state index in [1.54, 1.807) is 86.6 Å². The van der Waals surface area contributed by atoms with Gasteiger partial charge in [0.1, 0.15) is 51.8 Å². The van der Waals surface area contributed by atoms with Crippen molar-refractivity contribution in [1.29, 1.82) is 0 Å². The van der Waals surface area contributed by atoms with Gasteiger partial charge in [-0.15, -0.1) is 61.2 Å². The van der Waals surface area contributed by atoms with E-state index in [1.807, 2.05) is 233 Å². The standard InChI is InChI=1S/2C10H15N5O.3C9H13N5O.3C8H11N5O.C7H9N5O/c1-14(2)9-11-10(13-12-9)15(3)7-8-5-4-6-16-8;1-14(2)10-13-12-9(15(10)3)11-7-8-5-4-6-16-8;1-13(6-7-4-3-5-15-7)9-12-11-8(10)14(9)2;1-14(2)9-11-8(12-13-9)10-6-7-4-3-5-15-7;1-10-8-11-9(13-12-8)14(2)6-7-4-3-5-15-7;1-13(5-6-3-2-4-14-6)8-10-7(9)11-12-8;1-13-7(9)11-12-8(13)10-5-6-3-2-4-14-6;1-9-7-11-8(13-12-7)10-5-6-3-2-4-14-6;8-6-10-7(12-11-6)9-4-5-2-1-3-13-5/h4-6H,7H2,1-3H3,(H,11,12,13);4-6H,7H2,1-3H3,(H,11,12);3-5H,6H2,1-2H3,(H2,10,11);2*3-5H,6H2,1-2H3,(H2,10,11,12,13);2-4H,5H2,1H3,(H3,9,10,11,12);2-4H,5H2,1H3,(H2,9,11)(H,10,12);2-4H,5H2,1H3,(H3,9,10,11,12,13);1-3H,4H2,(H4,8,9,10,11,12). The second-order valence-electron chi connectivity index (χ2n) is 28.3. The van der Waals surface area contributed by atoms with Crippen LogP contribution in [-0.2, 0) is 80.0 Å². The highest BCUT2D eigenvalue weighted by molar-refractivity contribution is 5.42. The van der Waals surface area contributed by atoms with Gasteiger partial charge in [0.05, 0.1) is 115 Å². The number of anilines is 18. The number of furan rings is 9. The largest absolute Gasteiger partial charge is 0.467 e. The van der Waals surface area contributed by atoms with Crippen LogP contribution in [-0.4, -0.2) is 220 Å². The van der Waals surface area contributed by atoms with Crippen LogP contribution in [0, 0.1) is 0 Å². The average molecular weight is 1820 g/mol. The van der Waals surface area contributed by atoms with E-state index in [4.69, 9.17) is 62.7 Å². The molecule has 0 atom stereocenters. The molecule has 0 spiro atoms. The van der Waals surface area contributed by atoms with E-state index in [9.17, 15) is 0 Å². The second-order valence-corrected chi connectivity index (χ2v) is 28.3. The molecule has 0 aromatic carbocycles. The predicted octanol–water partition coefficient (Wildman–Crippen LogP) is 7.83. The van der Waals surface area contributed by atoms with Crippen LogP contribution in [0.5, 0.6) is 0 Å². The maximum Gasteiger partial charge on any atom is 0.246 e. The summed E-state index contributed by atoms with van der Waals surface area (Å²) in [6, 6.07) is 33.7. The van der Waals surface area contributed by atoms with Crippen molar-refractivity contribution in [3.05, 3.63) is 217 Å². The summed E-state index contributed by atoms with van der Waals surface area (Å²) in [4.78, 5) is 37.9. The smallest absolute Gasteiger partial charge is 0.246 e. The molecule has 0 saturated carbocycles. The van der Waals surface area contributed by atoms with Crippen molar-refractivity contribution in [2.24, 2.45) is 21.1 Å². The fourth-order valence-electron chi connectivity index (χ4n) is 10.7. The summed E-state index contributed by atoms with van der Waals surface area (Å²) < 4.78 is 52.0. The minimum Gasteiger partial charge on any atom is -0.467 e. The Hall–Kier alpha value is -17.8. The number of H-pyrrole nitrogens is 6. The van der Waals surface area contributed by atoms with Gasteiger partial charge in [0.15, 0.2) is 0 Å². The van der Waals surface area contributed by atoms with Gasteiger partial charge in [-0.1, -0.05) is 0 Å². The molecule has 0 aliphatic heterocycles. The lowest BCUT2D eigenvalue weighted by Crippen LogP contribution is -2.20. The quantitative estimate of drug-likeness (QED) is 0.0191. The number of hydrogen-bond acceptors (Lipinski definition) is 45. The van der Waals surface area contributed by atoms with Gasteiger partial charge in [0.25, 0.3) is 0 Å². The van der Waals surface area contributed by atoms with E-state index in [1.165, 1.54) is 0 Å². The number of nitrogens with two attached hydrogens (primary N) is 4. The average Bonchev–Trinajstić information content (AvgIpc) is 1.69. The van der Waals surface area contributed by atoms with Crippen molar-refractivity contribution >= 4 is 107 Å². The van der Waals surface area contributed by atoms with Crippen LogP contribution in [0.15, 0.2) is 205 Å². The van der Waals surface area contributed by atoms with Gasteiger partial charge < -0.3 is 134 Å². The fraction of sp³-hybridized carbons (Fsp3) is 0.308. The lowest BCUT2D eigenvalue weighted by molar-refractivity contribution is 0.505. The zero-order valence-corrected chi connectivity index (χ0v) is 75.5. The summed E-state index contributed by atoms with van der Waals surface area (Å²) in [7, 11) is 28.1. The zero-order valence-electron chi connectivity index (χ0n) is 75.5. The maximum absolute atomic E-state index is 5.59. The van der Waals surface area contributed by atoms with E-state index >= 15 is 0 Å². The summed E-state index contributed by atoms with van der Waals surface area (Å²) in [6.07, 6.45) is 14.8. The van der Waals surface area contributed by atoms with Crippen molar-refractivity contribution in [2.75, 3.05) is 179 Å². The van der Waals surface area contributed by atoms with Crippen molar-refractivity contribution in [3.8, 4) is 0 Å². The maximum atomic E-state index is 5.59. The molecule has 18 aromatic rings. The summed E-state index contributed by atoms with van der Waals surface area (Å²) in [5.74, 6) is 18.2. The molecule has 54 nitrogen and oxygen atoms in total. The molecule has 54 heteroatoms. The number of nitrogens with one attached hydrogen (secondary N) is 13. The molecule has 18 heterocycles. The summed E-state index contributed by atoms with van der Waals surface area (Å²) in [6.45, 7) is 5.46. The van der Waals surface area contributed by atoms with Gasteiger partial charge in [0, 0.05) is 106 Å². The van der Waals surface area contributed by atoms with Crippen LogP contribution in [0.25, 0.3) is 0 Å². The Labute approximate surface area is 755 Å². The third kappa shape index (κ3) is 31.1. The van der Waals surface area contributed by atoms with Crippen molar-refractivity contribution in [3.63, 3.8) is 0 Å². The SMILES string of the molecule is CN(C)c1n[nH]c(N(C)Cc2ccco2)n1.CN(C)c1n[nH]c(NCc2ccco2)n1.CN(C)c1nnc(NCc2ccco2)n1C.CN(Cc1ccco1)c1n[nH]c(N)n1.CN(Cc1ccco1)c1nnc(N)n1C.CNc1n[nH]c(NCc2ccco2)n1.CNc1nc(N(C)Cc2ccco2)n[nH]1.Cn1c(N)nnc1NCc1ccco1.Nc1nc(NCc2ccco2)n[nH]1. The van der Waals surface area contributed by atoms with Gasteiger partial charge in [-0.2, -0.15) is 29.9 Å². The topological polar surface area (TPSA) is 671 Å². The van der Waals surface area contributed by atoms with Crippen LogP contribution in [0.1, 0.15) is 51.8 Å². The Morgan fingerprint density at radius 3 is 1.02 bits per heavy atom. The molecule has 0 fully saturated rings. The van der Waals surface area contributed by atoms with Crippen LogP contribution in [0.4, 0.5) is 107 Å². The van der Waals surface area contributed by atoms with Crippen molar-refractivity contribution in [2.45, 2.75) is 58.9 Å². The van der Waals surface area contributed by atoms with Crippen LogP contribution in [0.2, 0.25) is 0 Å². The van der Waals surface area contributed by atoms with E-state index in [2.05, 4.69) is 159 Å². The fourth-order valence-corrected chi connectivity index (χ4v) is 10.7. The molecule has 0 unspecified atom stereocenters. The van der Waals surface area contributed by atoms with Gasteiger partial charge in [-0.25, -0.2) is 30.6 Å². The summed E-state index contributed by atoms with van der Waals surface area (Å²) >= 11 is 0. The first kappa shape index (κ1) is 96.4. The third-order valence-electron chi connectivity index (χ3n) is 17.5. The number of aromatic amines is 6.